The highest BCUT2D eigenvalue weighted by atomic mass is 35.5. The van der Waals surface area contributed by atoms with Crippen molar-refractivity contribution in [2.45, 2.75) is 26.2 Å². The monoisotopic (exact) mass is 314 g/mol. The first kappa shape index (κ1) is 15.4. The highest BCUT2D eigenvalue weighted by Crippen LogP contribution is 2.26. The number of benzene rings is 1. The molecule has 0 atom stereocenters. The first-order chi connectivity index (χ1) is 9.68. The molecule has 8 heteroatoms. The van der Waals surface area contributed by atoms with Gasteiger partial charge in [0.1, 0.15) is 11.6 Å². The van der Waals surface area contributed by atoms with Crippen molar-refractivity contribution in [2.24, 2.45) is 0 Å². The second kappa shape index (κ2) is 5.40. The van der Waals surface area contributed by atoms with Crippen molar-refractivity contribution in [1.29, 1.82) is 0 Å². The standard InChI is InChI=1S/C13H13ClF2N4O/c1-13(2,3)12-18-10(19-20-12)11(21)17-9-7(14)4-6(15)5-8(9)16/h4-5H,1-3H3,(H,17,21)(H,18,19,20). The van der Waals surface area contributed by atoms with E-state index in [1.807, 2.05) is 20.8 Å². The molecule has 0 aliphatic carbocycles. The van der Waals surface area contributed by atoms with E-state index >= 15 is 0 Å². The van der Waals surface area contributed by atoms with E-state index < -0.39 is 17.5 Å². The molecule has 0 fully saturated rings. The van der Waals surface area contributed by atoms with Crippen LogP contribution in [0.3, 0.4) is 0 Å². The first-order valence-electron chi connectivity index (χ1n) is 6.07. The number of halogens is 3. The van der Waals surface area contributed by atoms with Crippen molar-refractivity contribution in [3.8, 4) is 0 Å². The van der Waals surface area contributed by atoms with Gasteiger partial charge in [0.15, 0.2) is 5.82 Å². The maximum atomic E-state index is 13.6. The van der Waals surface area contributed by atoms with E-state index in [2.05, 4.69) is 20.5 Å². The maximum Gasteiger partial charge on any atom is 0.295 e. The summed E-state index contributed by atoms with van der Waals surface area (Å²) in [5.41, 5.74) is -0.630. The molecule has 21 heavy (non-hydrogen) atoms. The summed E-state index contributed by atoms with van der Waals surface area (Å²) < 4.78 is 26.5. The van der Waals surface area contributed by atoms with Gasteiger partial charge < -0.3 is 5.32 Å². The van der Waals surface area contributed by atoms with Crippen LogP contribution in [-0.2, 0) is 5.41 Å². The molecule has 1 heterocycles. The maximum absolute atomic E-state index is 13.6. The number of aromatic nitrogens is 3. The van der Waals surface area contributed by atoms with Crippen LogP contribution in [0.2, 0.25) is 5.02 Å². The van der Waals surface area contributed by atoms with Crippen molar-refractivity contribution in [3.63, 3.8) is 0 Å². The summed E-state index contributed by atoms with van der Waals surface area (Å²) in [6.07, 6.45) is 0. The van der Waals surface area contributed by atoms with Crippen LogP contribution in [0.4, 0.5) is 14.5 Å². The summed E-state index contributed by atoms with van der Waals surface area (Å²) in [6.45, 7) is 5.68. The molecule has 0 unspecified atom stereocenters. The molecule has 0 spiro atoms. The van der Waals surface area contributed by atoms with Crippen LogP contribution in [0.15, 0.2) is 12.1 Å². The Hall–Kier alpha value is -2.02. The highest BCUT2D eigenvalue weighted by molar-refractivity contribution is 6.33. The Morgan fingerprint density at radius 2 is 2.00 bits per heavy atom. The van der Waals surface area contributed by atoms with Gasteiger partial charge in [-0.25, -0.2) is 13.8 Å². The Morgan fingerprint density at radius 3 is 2.52 bits per heavy atom. The summed E-state index contributed by atoms with van der Waals surface area (Å²) in [7, 11) is 0. The van der Waals surface area contributed by atoms with E-state index in [1.165, 1.54) is 0 Å². The molecule has 0 saturated heterocycles. The van der Waals surface area contributed by atoms with Gasteiger partial charge in [0.25, 0.3) is 5.91 Å². The zero-order chi connectivity index (χ0) is 15.8. The number of anilines is 1. The molecule has 0 aliphatic heterocycles. The molecule has 112 valence electrons. The lowest BCUT2D eigenvalue weighted by Gasteiger charge is -2.12. The van der Waals surface area contributed by atoms with Crippen molar-refractivity contribution in [2.75, 3.05) is 5.32 Å². The summed E-state index contributed by atoms with van der Waals surface area (Å²) >= 11 is 5.70. The Morgan fingerprint density at radius 1 is 1.33 bits per heavy atom. The van der Waals surface area contributed by atoms with E-state index in [1.54, 1.807) is 0 Å². The van der Waals surface area contributed by atoms with Gasteiger partial charge >= 0.3 is 0 Å². The van der Waals surface area contributed by atoms with Gasteiger partial charge in [0.2, 0.25) is 5.82 Å². The van der Waals surface area contributed by atoms with Crippen molar-refractivity contribution < 1.29 is 13.6 Å². The van der Waals surface area contributed by atoms with Crippen LogP contribution in [-0.4, -0.2) is 21.1 Å². The molecule has 1 aromatic heterocycles. The minimum Gasteiger partial charge on any atom is -0.315 e. The summed E-state index contributed by atoms with van der Waals surface area (Å²) in [6, 6.07) is 1.53. The summed E-state index contributed by atoms with van der Waals surface area (Å²) in [4.78, 5) is 16.0. The van der Waals surface area contributed by atoms with Crippen molar-refractivity contribution >= 4 is 23.2 Å². The number of rotatable bonds is 2. The van der Waals surface area contributed by atoms with E-state index in [0.29, 0.717) is 11.9 Å². The number of nitrogens with one attached hydrogen (secondary N) is 2. The van der Waals surface area contributed by atoms with Crippen LogP contribution in [0, 0.1) is 11.6 Å². The molecule has 1 amide bonds. The molecule has 2 aromatic rings. The topological polar surface area (TPSA) is 70.7 Å². The fourth-order valence-electron chi connectivity index (χ4n) is 1.53. The number of carbonyl (C=O) groups is 1. The SMILES string of the molecule is CC(C)(C)c1nc(C(=O)Nc2c(F)cc(F)cc2Cl)n[nH]1. The molecule has 5 nitrogen and oxygen atoms in total. The third-order valence-corrected chi connectivity index (χ3v) is 2.94. The molecule has 2 rings (SSSR count). The third kappa shape index (κ3) is 3.36. The van der Waals surface area contributed by atoms with Gasteiger partial charge in [-0.2, -0.15) is 0 Å². The van der Waals surface area contributed by atoms with E-state index in [4.69, 9.17) is 11.6 Å². The fraction of sp³-hybridized carbons (Fsp3) is 0.308. The lowest BCUT2D eigenvalue weighted by Crippen LogP contribution is -2.17. The van der Waals surface area contributed by atoms with Crippen LogP contribution >= 0.6 is 11.6 Å². The van der Waals surface area contributed by atoms with Crippen molar-refractivity contribution in [1.82, 2.24) is 15.2 Å². The van der Waals surface area contributed by atoms with Crippen LogP contribution in [0.25, 0.3) is 0 Å². The number of hydrogen-bond acceptors (Lipinski definition) is 3. The molecule has 0 radical (unpaired) electrons. The van der Waals surface area contributed by atoms with Gasteiger partial charge in [-0.1, -0.05) is 32.4 Å². The Balaban J connectivity index is 2.25. The second-order valence-electron chi connectivity index (χ2n) is 5.46. The highest BCUT2D eigenvalue weighted by Gasteiger charge is 2.22. The molecule has 0 aliphatic rings. The number of carbonyl (C=O) groups excluding carboxylic acids is 1. The molecule has 2 N–H and O–H groups in total. The average molecular weight is 315 g/mol. The smallest absolute Gasteiger partial charge is 0.295 e. The predicted molar refractivity (Wildman–Crippen MR) is 74.4 cm³/mol. The second-order valence-corrected chi connectivity index (χ2v) is 5.86. The summed E-state index contributed by atoms with van der Waals surface area (Å²) in [5.74, 6) is -2.18. The predicted octanol–water partition coefficient (Wildman–Crippen LogP) is 3.29. The molecular formula is C13H13ClF2N4O. The molecular weight excluding hydrogens is 302 g/mol. The molecule has 0 saturated carbocycles. The minimum atomic E-state index is -0.972. The minimum absolute atomic E-state index is 0.153. The largest absolute Gasteiger partial charge is 0.315 e. The lowest BCUT2D eigenvalue weighted by molar-refractivity contribution is 0.101. The van der Waals surface area contributed by atoms with Crippen LogP contribution in [0.5, 0.6) is 0 Å². The van der Waals surface area contributed by atoms with Crippen LogP contribution < -0.4 is 5.32 Å². The van der Waals surface area contributed by atoms with Gasteiger partial charge in [-0.3, -0.25) is 9.89 Å². The van der Waals surface area contributed by atoms with Gasteiger partial charge in [0.05, 0.1) is 10.7 Å². The quantitative estimate of drug-likeness (QED) is 0.893. The fourth-order valence-corrected chi connectivity index (χ4v) is 1.77. The average Bonchev–Trinajstić information content (AvgIpc) is 2.82. The van der Waals surface area contributed by atoms with Gasteiger partial charge in [0, 0.05) is 11.5 Å². The first-order valence-corrected chi connectivity index (χ1v) is 6.45. The normalized spacial score (nSPS) is 11.5. The van der Waals surface area contributed by atoms with Crippen LogP contribution in [0.1, 0.15) is 37.2 Å². The Labute approximate surface area is 124 Å². The Bertz CT molecular complexity index is 671. The van der Waals surface area contributed by atoms with E-state index in [0.717, 1.165) is 6.07 Å². The number of amides is 1. The number of aromatic amines is 1. The number of H-pyrrole nitrogens is 1. The molecule has 1 aromatic carbocycles. The lowest BCUT2D eigenvalue weighted by atomic mass is 9.96. The zero-order valence-corrected chi connectivity index (χ0v) is 12.3. The van der Waals surface area contributed by atoms with Crippen molar-refractivity contribution in [3.05, 3.63) is 40.4 Å². The number of nitrogens with zero attached hydrogens (tertiary/aromatic N) is 2. The zero-order valence-electron chi connectivity index (χ0n) is 11.6. The molecule has 0 bridgehead atoms. The van der Waals surface area contributed by atoms with Gasteiger partial charge in [-0.05, 0) is 6.07 Å². The third-order valence-electron chi connectivity index (χ3n) is 2.64. The summed E-state index contributed by atoms with van der Waals surface area (Å²) in [5, 5.41) is 8.40. The van der Waals surface area contributed by atoms with E-state index in [-0.39, 0.29) is 21.9 Å². The van der Waals surface area contributed by atoms with E-state index in [9.17, 15) is 13.6 Å². The van der Waals surface area contributed by atoms with Gasteiger partial charge in [-0.15, -0.1) is 5.10 Å². The Kier molecular flexibility index (Phi) is 3.95. The number of hydrogen-bond donors (Lipinski definition) is 2.